The van der Waals surface area contributed by atoms with Gasteiger partial charge in [0.2, 0.25) is 5.75 Å². The lowest BCUT2D eigenvalue weighted by Gasteiger charge is -2.17. The monoisotopic (exact) mass is 388 g/mol. The fourth-order valence-electron chi connectivity index (χ4n) is 2.73. The highest BCUT2D eigenvalue weighted by molar-refractivity contribution is 6.07. The van der Waals surface area contributed by atoms with Gasteiger partial charge in [-0.2, -0.15) is 0 Å². The van der Waals surface area contributed by atoms with E-state index in [0.29, 0.717) is 45.6 Å². The second kappa shape index (κ2) is 9.55. The molecule has 7 heteroatoms. The van der Waals surface area contributed by atoms with Crippen molar-refractivity contribution in [2.24, 2.45) is 0 Å². The summed E-state index contributed by atoms with van der Waals surface area (Å²) in [6.45, 7) is 0. The molecule has 0 aliphatic rings. The standard InChI is InChI=1S/C21H24O7/c1-23-16-10-7-13(11-18(16)25-3)15(22)9-8-14-17(24-2)12-19(26-4)21(28-6)20(14)27-5/h7-12H,1-6H3/b9-8+. The van der Waals surface area contributed by atoms with Crippen LogP contribution in [0.25, 0.3) is 6.08 Å². The molecular formula is C21H24O7. The lowest BCUT2D eigenvalue weighted by Crippen LogP contribution is -2.00. The first kappa shape index (κ1) is 21.0. The Labute approximate surface area is 164 Å². The van der Waals surface area contributed by atoms with Gasteiger partial charge < -0.3 is 28.4 Å². The highest BCUT2D eigenvalue weighted by Gasteiger charge is 2.20. The van der Waals surface area contributed by atoms with Gasteiger partial charge in [-0.25, -0.2) is 0 Å². The summed E-state index contributed by atoms with van der Waals surface area (Å²) in [6, 6.07) is 6.63. The Kier molecular flexibility index (Phi) is 7.14. The summed E-state index contributed by atoms with van der Waals surface area (Å²) in [7, 11) is 9.11. The van der Waals surface area contributed by atoms with E-state index in [1.165, 1.54) is 48.7 Å². The number of carbonyl (C=O) groups is 1. The van der Waals surface area contributed by atoms with Crippen LogP contribution in [0.15, 0.2) is 30.3 Å². The van der Waals surface area contributed by atoms with E-state index in [0.717, 1.165) is 0 Å². The van der Waals surface area contributed by atoms with Crippen LogP contribution < -0.4 is 28.4 Å². The molecule has 0 bridgehead atoms. The van der Waals surface area contributed by atoms with Crippen LogP contribution >= 0.6 is 0 Å². The fourth-order valence-corrected chi connectivity index (χ4v) is 2.73. The number of allylic oxidation sites excluding steroid dienone is 1. The summed E-state index contributed by atoms with van der Waals surface area (Å²) in [4.78, 5) is 12.6. The third-order valence-corrected chi connectivity index (χ3v) is 4.12. The molecule has 0 saturated heterocycles. The Balaban J connectivity index is 2.46. The second-order valence-corrected chi connectivity index (χ2v) is 5.53. The summed E-state index contributed by atoms with van der Waals surface area (Å²) in [5.41, 5.74) is 1.00. The van der Waals surface area contributed by atoms with Gasteiger partial charge in [0.25, 0.3) is 0 Å². The number of hydrogen-bond donors (Lipinski definition) is 0. The maximum atomic E-state index is 12.6. The van der Waals surface area contributed by atoms with Crippen molar-refractivity contribution in [3.05, 3.63) is 41.5 Å². The number of rotatable bonds is 9. The van der Waals surface area contributed by atoms with Gasteiger partial charge in [-0.05, 0) is 30.4 Å². The van der Waals surface area contributed by atoms with E-state index in [-0.39, 0.29) is 5.78 Å². The normalized spacial score (nSPS) is 10.5. The smallest absolute Gasteiger partial charge is 0.204 e. The zero-order valence-corrected chi connectivity index (χ0v) is 16.8. The molecule has 2 aromatic carbocycles. The molecule has 0 aliphatic carbocycles. The second-order valence-electron chi connectivity index (χ2n) is 5.53. The van der Waals surface area contributed by atoms with E-state index in [2.05, 4.69) is 0 Å². The van der Waals surface area contributed by atoms with Crippen LogP contribution in [0, 0.1) is 0 Å². The van der Waals surface area contributed by atoms with E-state index in [1.54, 1.807) is 30.3 Å². The number of hydrogen-bond acceptors (Lipinski definition) is 7. The quantitative estimate of drug-likeness (QED) is 0.480. The van der Waals surface area contributed by atoms with Crippen molar-refractivity contribution in [1.29, 1.82) is 0 Å². The van der Waals surface area contributed by atoms with Crippen molar-refractivity contribution >= 4 is 11.9 Å². The Morgan fingerprint density at radius 3 is 1.82 bits per heavy atom. The van der Waals surface area contributed by atoms with Crippen LogP contribution in [0.4, 0.5) is 0 Å². The minimum Gasteiger partial charge on any atom is -0.496 e. The first-order valence-electron chi connectivity index (χ1n) is 8.35. The van der Waals surface area contributed by atoms with Gasteiger partial charge in [-0.15, -0.1) is 0 Å². The third-order valence-electron chi connectivity index (χ3n) is 4.12. The Morgan fingerprint density at radius 1 is 0.679 bits per heavy atom. The SMILES string of the molecule is COc1ccc(C(=O)/C=C/c2c(OC)cc(OC)c(OC)c2OC)cc1OC. The lowest BCUT2D eigenvalue weighted by molar-refractivity contribution is 0.104. The first-order chi connectivity index (χ1) is 13.5. The molecule has 0 unspecified atom stereocenters. The maximum Gasteiger partial charge on any atom is 0.204 e. The first-order valence-corrected chi connectivity index (χ1v) is 8.35. The highest BCUT2D eigenvalue weighted by Crippen LogP contribution is 2.45. The molecule has 2 aromatic rings. The maximum absolute atomic E-state index is 12.6. The molecule has 0 heterocycles. The van der Waals surface area contributed by atoms with Gasteiger partial charge in [0.15, 0.2) is 28.8 Å². The van der Waals surface area contributed by atoms with Crippen molar-refractivity contribution in [2.75, 3.05) is 42.7 Å². The Hall–Kier alpha value is -3.35. The molecule has 0 N–H and O–H groups in total. The molecule has 0 radical (unpaired) electrons. The average Bonchev–Trinajstić information content (AvgIpc) is 2.75. The van der Waals surface area contributed by atoms with Gasteiger partial charge in [0.1, 0.15) is 5.75 Å². The van der Waals surface area contributed by atoms with E-state index in [4.69, 9.17) is 28.4 Å². The van der Waals surface area contributed by atoms with Crippen LogP contribution in [0.3, 0.4) is 0 Å². The molecule has 0 saturated carbocycles. The van der Waals surface area contributed by atoms with Crippen molar-refractivity contribution in [2.45, 2.75) is 0 Å². The summed E-state index contributed by atoms with van der Waals surface area (Å²) in [5.74, 6) is 2.54. The van der Waals surface area contributed by atoms with Crippen LogP contribution in [-0.2, 0) is 0 Å². The van der Waals surface area contributed by atoms with Crippen molar-refractivity contribution < 1.29 is 33.2 Å². The molecular weight excluding hydrogens is 364 g/mol. The molecule has 28 heavy (non-hydrogen) atoms. The molecule has 0 spiro atoms. The fraction of sp³-hybridized carbons (Fsp3) is 0.286. The lowest BCUT2D eigenvalue weighted by atomic mass is 10.1. The number of ketones is 1. The summed E-state index contributed by atoms with van der Waals surface area (Å²) in [5, 5.41) is 0. The van der Waals surface area contributed by atoms with Gasteiger partial charge in [-0.3, -0.25) is 4.79 Å². The molecule has 2 rings (SSSR count). The van der Waals surface area contributed by atoms with Crippen molar-refractivity contribution in [3.63, 3.8) is 0 Å². The zero-order chi connectivity index (χ0) is 20.7. The Bertz CT molecular complexity index is 872. The predicted octanol–water partition coefficient (Wildman–Crippen LogP) is 3.63. The highest BCUT2D eigenvalue weighted by atomic mass is 16.5. The molecule has 0 amide bonds. The summed E-state index contributed by atoms with van der Waals surface area (Å²) >= 11 is 0. The van der Waals surface area contributed by atoms with Gasteiger partial charge >= 0.3 is 0 Å². The molecule has 0 aromatic heterocycles. The Morgan fingerprint density at radius 2 is 1.29 bits per heavy atom. The minimum atomic E-state index is -0.222. The van der Waals surface area contributed by atoms with Crippen LogP contribution in [0.1, 0.15) is 15.9 Å². The molecule has 0 aliphatic heterocycles. The van der Waals surface area contributed by atoms with E-state index >= 15 is 0 Å². The molecule has 0 atom stereocenters. The average molecular weight is 388 g/mol. The van der Waals surface area contributed by atoms with E-state index in [9.17, 15) is 4.79 Å². The molecule has 7 nitrogen and oxygen atoms in total. The minimum absolute atomic E-state index is 0.222. The van der Waals surface area contributed by atoms with Crippen molar-refractivity contribution in [3.8, 4) is 34.5 Å². The number of benzene rings is 2. The van der Waals surface area contributed by atoms with Gasteiger partial charge in [-0.1, -0.05) is 0 Å². The van der Waals surface area contributed by atoms with Gasteiger partial charge in [0, 0.05) is 11.6 Å². The number of methoxy groups -OCH3 is 6. The van der Waals surface area contributed by atoms with Gasteiger partial charge in [0.05, 0.1) is 48.2 Å². The zero-order valence-electron chi connectivity index (χ0n) is 16.8. The van der Waals surface area contributed by atoms with Crippen molar-refractivity contribution in [1.82, 2.24) is 0 Å². The summed E-state index contributed by atoms with van der Waals surface area (Å²) in [6.07, 6.45) is 3.03. The topological polar surface area (TPSA) is 72.5 Å². The predicted molar refractivity (Wildman–Crippen MR) is 106 cm³/mol. The molecule has 150 valence electrons. The third kappa shape index (κ3) is 4.14. The van der Waals surface area contributed by atoms with Crippen LogP contribution in [0.2, 0.25) is 0 Å². The number of carbonyl (C=O) groups excluding carboxylic acids is 1. The summed E-state index contributed by atoms with van der Waals surface area (Å²) < 4.78 is 32.0. The van der Waals surface area contributed by atoms with E-state index < -0.39 is 0 Å². The van der Waals surface area contributed by atoms with Crippen LogP contribution in [-0.4, -0.2) is 48.4 Å². The van der Waals surface area contributed by atoms with Crippen LogP contribution in [0.5, 0.6) is 34.5 Å². The number of ether oxygens (including phenoxy) is 6. The largest absolute Gasteiger partial charge is 0.496 e. The molecule has 0 fully saturated rings. The van der Waals surface area contributed by atoms with E-state index in [1.807, 2.05) is 0 Å².